The first-order chi connectivity index (χ1) is 7.34. The molecule has 1 saturated heterocycles. The van der Waals surface area contributed by atoms with E-state index < -0.39 is 0 Å². The van der Waals surface area contributed by atoms with Gasteiger partial charge in [0.15, 0.2) is 0 Å². The van der Waals surface area contributed by atoms with Gasteiger partial charge in [-0.1, -0.05) is 0 Å². The summed E-state index contributed by atoms with van der Waals surface area (Å²) in [4.78, 5) is 0. The Labute approximate surface area is 90.8 Å². The van der Waals surface area contributed by atoms with Gasteiger partial charge in [0.05, 0.1) is 12.4 Å². The van der Waals surface area contributed by atoms with Gasteiger partial charge in [-0.15, -0.1) is 0 Å². The van der Waals surface area contributed by atoms with Crippen molar-refractivity contribution in [3.05, 3.63) is 24.2 Å². The highest BCUT2D eigenvalue weighted by molar-refractivity contribution is 4.99. The molecule has 1 aliphatic heterocycles. The van der Waals surface area contributed by atoms with Crippen LogP contribution in [-0.2, 0) is 11.2 Å². The van der Waals surface area contributed by atoms with Gasteiger partial charge in [-0.3, -0.25) is 0 Å². The zero-order valence-corrected chi connectivity index (χ0v) is 9.24. The largest absolute Gasteiger partial charge is 0.469 e. The fourth-order valence-corrected chi connectivity index (χ4v) is 1.94. The minimum atomic E-state index is 0.420. The fraction of sp³-hybridized carbons (Fsp3) is 0.667. The monoisotopic (exact) mass is 209 g/mol. The Bertz CT molecular complexity index is 265. The minimum absolute atomic E-state index is 0.420. The van der Waals surface area contributed by atoms with E-state index in [9.17, 15) is 0 Å². The van der Waals surface area contributed by atoms with Gasteiger partial charge >= 0.3 is 0 Å². The average molecular weight is 209 g/mol. The Balaban J connectivity index is 1.66. The molecule has 1 aromatic heterocycles. The molecule has 15 heavy (non-hydrogen) atoms. The van der Waals surface area contributed by atoms with E-state index in [0.29, 0.717) is 12.1 Å². The van der Waals surface area contributed by atoms with Crippen molar-refractivity contribution in [2.45, 2.75) is 38.3 Å². The third-order valence-electron chi connectivity index (χ3n) is 2.81. The first kappa shape index (κ1) is 10.7. The molecule has 0 radical (unpaired) electrons. The highest BCUT2D eigenvalue weighted by Crippen LogP contribution is 2.11. The summed E-state index contributed by atoms with van der Waals surface area (Å²) in [6.07, 6.45) is 5.49. The van der Waals surface area contributed by atoms with Crippen molar-refractivity contribution in [3.63, 3.8) is 0 Å². The standard InChI is InChI=1S/C12H19NO2/c1-10(8-11-4-2-6-14-11)13-9-12-5-3-7-15-12/h2,4,6,10,12-13H,3,5,7-9H2,1H3. The Morgan fingerprint density at radius 2 is 2.53 bits per heavy atom. The first-order valence-corrected chi connectivity index (χ1v) is 5.72. The summed E-state index contributed by atoms with van der Waals surface area (Å²) in [5.74, 6) is 1.04. The van der Waals surface area contributed by atoms with Crippen LogP contribution in [0.2, 0.25) is 0 Å². The van der Waals surface area contributed by atoms with E-state index in [1.807, 2.05) is 12.1 Å². The molecule has 3 heteroatoms. The summed E-state index contributed by atoms with van der Waals surface area (Å²) in [5, 5.41) is 3.48. The molecule has 3 nitrogen and oxygen atoms in total. The molecule has 2 atom stereocenters. The summed E-state index contributed by atoms with van der Waals surface area (Å²) in [6, 6.07) is 4.40. The van der Waals surface area contributed by atoms with Gasteiger partial charge in [-0.25, -0.2) is 0 Å². The first-order valence-electron chi connectivity index (χ1n) is 5.72. The topological polar surface area (TPSA) is 34.4 Å². The molecule has 0 amide bonds. The van der Waals surface area contributed by atoms with Crippen molar-refractivity contribution in [1.82, 2.24) is 5.32 Å². The van der Waals surface area contributed by atoms with E-state index in [1.54, 1.807) is 6.26 Å². The van der Waals surface area contributed by atoms with Gasteiger partial charge in [-0.2, -0.15) is 0 Å². The summed E-state index contributed by atoms with van der Waals surface area (Å²) in [5.41, 5.74) is 0. The maximum absolute atomic E-state index is 5.55. The van der Waals surface area contributed by atoms with E-state index in [1.165, 1.54) is 12.8 Å². The SMILES string of the molecule is CC(Cc1ccco1)NCC1CCCO1. The van der Waals surface area contributed by atoms with Crippen LogP contribution in [0.15, 0.2) is 22.8 Å². The number of hydrogen-bond acceptors (Lipinski definition) is 3. The quantitative estimate of drug-likeness (QED) is 0.805. The van der Waals surface area contributed by atoms with Gasteiger partial charge in [0.1, 0.15) is 5.76 Å². The number of rotatable bonds is 5. The fourth-order valence-electron chi connectivity index (χ4n) is 1.94. The Kier molecular flexibility index (Phi) is 3.80. The second-order valence-electron chi connectivity index (χ2n) is 4.23. The number of nitrogens with one attached hydrogen (secondary N) is 1. The molecule has 2 unspecified atom stereocenters. The van der Waals surface area contributed by atoms with Crippen LogP contribution in [0.4, 0.5) is 0 Å². The van der Waals surface area contributed by atoms with E-state index in [-0.39, 0.29) is 0 Å². The highest BCUT2D eigenvalue weighted by atomic mass is 16.5. The molecule has 84 valence electrons. The van der Waals surface area contributed by atoms with Crippen molar-refractivity contribution >= 4 is 0 Å². The molecule has 1 aliphatic rings. The Morgan fingerprint density at radius 3 is 3.20 bits per heavy atom. The lowest BCUT2D eigenvalue weighted by Crippen LogP contribution is -2.34. The normalized spacial score (nSPS) is 23.1. The van der Waals surface area contributed by atoms with Gasteiger partial charge in [0.2, 0.25) is 0 Å². The number of hydrogen-bond donors (Lipinski definition) is 1. The molecule has 2 heterocycles. The molecule has 1 aromatic rings. The molecular weight excluding hydrogens is 190 g/mol. The lowest BCUT2D eigenvalue weighted by molar-refractivity contribution is 0.108. The summed E-state index contributed by atoms with van der Waals surface area (Å²) in [6.45, 7) is 4.07. The molecule has 0 aromatic carbocycles. The van der Waals surface area contributed by atoms with E-state index in [0.717, 1.165) is 25.3 Å². The summed E-state index contributed by atoms with van der Waals surface area (Å²) >= 11 is 0. The van der Waals surface area contributed by atoms with Gasteiger partial charge in [-0.05, 0) is 31.9 Å². The zero-order valence-electron chi connectivity index (χ0n) is 9.24. The van der Waals surface area contributed by atoms with E-state index in [2.05, 4.69) is 12.2 Å². The molecule has 1 N–H and O–H groups in total. The summed E-state index contributed by atoms with van der Waals surface area (Å²) in [7, 11) is 0. The zero-order chi connectivity index (χ0) is 10.5. The predicted molar refractivity (Wildman–Crippen MR) is 58.9 cm³/mol. The average Bonchev–Trinajstić information content (AvgIpc) is 2.86. The van der Waals surface area contributed by atoms with Crippen LogP contribution < -0.4 is 5.32 Å². The highest BCUT2D eigenvalue weighted by Gasteiger charge is 2.16. The molecule has 0 spiro atoms. The lowest BCUT2D eigenvalue weighted by atomic mass is 10.2. The Hall–Kier alpha value is -0.800. The van der Waals surface area contributed by atoms with Crippen molar-refractivity contribution in [2.24, 2.45) is 0 Å². The minimum Gasteiger partial charge on any atom is -0.469 e. The molecule has 2 rings (SSSR count). The van der Waals surface area contributed by atoms with Gasteiger partial charge < -0.3 is 14.5 Å². The van der Waals surface area contributed by atoms with E-state index in [4.69, 9.17) is 9.15 Å². The molecule has 0 bridgehead atoms. The van der Waals surface area contributed by atoms with Crippen LogP contribution >= 0.6 is 0 Å². The van der Waals surface area contributed by atoms with Crippen LogP contribution in [0.1, 0.15) is 25.5 Å². The number of ether oxygens (including phenoxy) is 1. The maximum Gasteiger partial charge on any atom is 0.105 e. The lowest BCUT2D eigenvalue weighted by Gasteiger charge is -2.15. The van der Waals surface area contributed by atoms with Crippen molar-refractivity contribution in [1.29, 1.82) is 0 Å². The van der Waals surface area contributed by atoms with Crippen LogP contribution in [-0.4, -0.2) is 25.3 Å². The van der Waals surface area contributed by atoms with Crippen LogP contribution in [0.5, 0.6) is 0 Å². The van der Waals surface area contributed by atoms with Gasteiger partial charge in [0, 0.05) is 25.6 Å². The third-order valence-corrected chi connectivity index (χ3v) is 2.81. The van der Waals surface area contributed by atoms with Crippen LogP contribution in [0, 0.1) is 0 Å². The van der Waals surface area contributed by atoms with Crippen molar-refractivity contribution in [2.75, 3.05) is 13.2 Å². The Morgan fingerprint density at radius 1 is 1.60 bits per heavy atom. The van der Waals surface area contributed by atoms with Crippen molar-refractivity contribution < 1.29 is 9.15 Å². The maximum atomic E-state index is 5.55. The van der Waals surface area contributed by atoms with Gasteiger partial charge in [0.25, 0.3) is 0 Å². The van der Waals surface area contributed by atoms with Crippen LogP contribution in [0.3, 0.4) is 0 Å². The second kappa shape index (κ2) is 5.33. The van der Waals surface area contributed by atoms with Crippen LogP contribution in [0.25, 0.3) is 0 Å². The second-order valence-corrected chi connectivity index (χ2v) is 4.23. The molecule has 0 aliphatic carbocycles. The molecular formula is C12H19NO2. The predicted octanol–water partition coefficient (Wildman–Crippen LogP) is 1.98. The third kappa shape index (κ3) is 3.36. The smallest absolute Gasteiger partial charge is 0.105 e. The van der Waals surface area contributed by atoms with Crippen molar-refractivity contribution in [3.8, 4) is 0 Å². The molecule has 0 saturated carbocycles. The molecule has 1 fully saturated rings. The summed E-state index contributed by atoms with van der Waals surface area (Å²) < 4.78 is 10.9. The van der Waals surface area contributed by atoms with E-state index >= 15 is 0 Å². The number of furan rings is 1.